The zero-order valence-electron chi connectivity index (χ0n) is 24.3. The summed E-state index contributed by atoms with van der Waals surface area (Å²) >= 11 is 10.2. The first kappa shape index (κ1) is 33.8. The van der Waals surface area contributed by atoms with E-state index < -0.39 is 37.0 Å². The predicted molar refractivity (Wildman–Crippen MR) is 166 cm³/mol. The van der Waals surface area contributed by atoms with Gasteiger partial charge in [-0.3, -0.25) is 33.5 Å². The summed E-state index contributed by atoms with van der Waals surface area (Å²) in [5.41, 5.74) is 0.148. The van der Waals surface area contributed by atoms with Gasteiger partial charge in [0.2, 0.25) is 11.9 Å². The van der Waals surface area contributed by atoms with Crippen LogP contribution in [0.25, 0.3) is 22.3 Å². The summed E-state index contributed by atoms with van der Waals surface area (Å²) in [7, 11) is 1.35. The number of anilines is 1. The second kappa shape index (κ2) is 14.1. The van der Waals surface area contributed by atoms with Crippen molar-refractivity contribution in [2.75, 3.05) is 19.0 Å². The van der Waals surface area contributed by atoms with E-state index in [2.05, 4.69) is 42.5 Å². The maximum Gasteiger partial charge on any atom is 0.387 e. The molecule has 6 atom stereocenters. The monoisotopic (exact) mass is 706 g/mol. The van der Waals surface area contributed by atoms with E-state index in [9.17, 15) is 14.2 Å². The van der Waals surface area contributed by atoms with Crippen LogP contribution in [0.2, 0.25) is 5.02 Å². The maximum absolute atomic E-state index is 15.4. The Morgan fingerprint density at radius 2 is 2.13 bits per heavy atom. The summed E-state index contributed by atoms with van der Waals surface area (Å²) in [6, 6.07) is 1.61. The number of carbonyl (C=O) groups excluding carboxylic acids is 1. The van der Waals surface area contributed by atoms with E-state index >= 15 is 4.39 Å². The number of pyridine rings is 1. The molecular formula is C24H30ClFN8O8P2S. The molecule has 16 nitrogen and oxygen atoms in total. The Morgan fingerprint density at radius 1 is 1.36 bits per heavy atom. The number of nitrogens with one attached hydrogen (secondary N) is 2. The molecule has 1 saturated heterocycles. The van der Waals surface area contributed by atoms with E-state index in [4.69, 9.17) is 34.4 Å². The van der Waals surface area contributed by atoms with Crippen LogP contribution in [0.5, 0.6) is 0 Å². The Morgan fingerprint density at radius 3 is 2.87 bits per heavy atom. The Kier molecular flexibility index (Phi) is 10.6. The first-order chi connectivity index (χ1) is 21.4. The van der Waals surface area contributed by atoms with Crippen LogP contribution in [-0.4, -0.2) is 72.1 Å². The Hall–Kier alpha value is -2.53. The molecule has 0 radical (unpaired) electrons. The molecule has 45 heavy (non-hydrogen) atoms. The van der Waals surface area contributed by atoms with Gasteiger partial charge in [-0.25, -0.2) is 23.9 Å². The van der Waals surface area contributed by atoms with Crippen molar-refractivity contribution in [2.24, 2.45) is 5.92 Å². The number of aromatic nitrogens is 7. The summed E-state index contributed by atoms with van der Waals surface area (Å²) in [6.45, 7) is 0.743. The average Bonchev–Trinajstić information content (AvgIpc) is 3.64. The molecule has 2 N–H and O–H groups in total. The second-order valence-corrected chi connectivity index (χ2v) is 14.4. The maximum atomic E-state index is 15.4. The summed E-state index contributed by atoms with van der Waals surface area (Å²) < 4.78 is 59.1. The number of rotatable bonds is 13. The molecule has 0 saturated carbocycles. The summed E-state index contributed by atoms with van der Waals surface area (Å²) in [4.78, 5) is 44.7. The van der Waals surface area contributed by atoms with Crippen molar-refractivity contribution >= 4 is 73.9 Å². The third kappa shape index (κ3) is 7.56. The first-order valence-electron chi connectivity index (χ1n) is 13.5. The van der Waals surface area contributed by atoms with Crippen LogP contribution in [0, 0.1) is 5.92 Å². The molecule has 1 fully saturated rings. The van der Waals surface area contributed by atoms with Gasteiger partial charge in [-0.15, -0.1) is 0 Å². The van der Waals surface area contributed by atoms with Gasteiger partial charge in [0.1, 0.15) is 30.4 Å². The Bertz CT molecular complexity index is 1810. The third-order valence-corrected chi connectivity index (χ3v) is 8.97. The topological polar surface area (TPSA) is 187 Å². The van der Waals surface area contributed by atoms with Crippen molar-refractivity contribution in [3.8, 4) is 0 Å². The molecule has 0 aliphatic carbocycles. The van der Waals surface area contributed by atoms with Gasteiger partial charge in [-0.2, -0.15) is 4.98 Å². The highest BCUT2D eigenvalue weighted by molar-refractivity contribution is 8.44. The lowest BCUT2D eigenvalue weighted by atomic mass is 10.2. The van der Waals surface area contributed by atoms with Gasteiger partial charge >= 0.3 is 6.80 Å². The minimum absolute atomic E-state index is 0.0388. The Labute approximate surface area is 267 Å². The molecular weight excluding hydrogens is 677 g/mol. The molecule has 0 spiro atoms. The highest BCUT2D eigenvalue weighted by Gasteiger charge is 2.48. The van der Waals surface area contributed by atoms with E-state index in [0.29, 0.717) is 28.6 Å². The van der Waals surface area contributed by atoms with Gasteiger partial charge < -0.3 is 18.4 Å². The molecule has 21 heteroatoms. The number of nitrogens with zero attached hydrogens (tertiary/aromatic N) is 6. The number of ether oxygens (including phenoxy) is 1. The quantitative estimate of drug-likeness (QED) is 0.102. The summed E-state index contributed by atoms with van der Waals surface area (Å²) in [5.74, 6) is -0.515. The second-order valence-electron chi connectivity index (χ2n) is 10.2. The van der Waals surface area contributed by atoms with Crippen molar-refractivity contribution < 1.29 is 36.6 Å². The number of halogens is 2. The molecule has 1 aliphatic heterocycles. The van der Waals surface area contributed by atoms with Crippen LogP contribution in [0.4, 0.5) is 10.3 Å². The molecule has 244 valence electrons. The van der Waals surface area contributed by atoms with Crippen molar-refractivity contribution in [3.05, 3.63) is 39.8 Å². The minimum Gasteiger partial charge on any atom is -0.349 e. The number of fused-ring (bicyclic) bond motifs is 2. The van der Waals surface area contributed by atoms with Crippen LogP contribution < -0.4 is 10.9 Å². The fourth-order valence-corrected chi connectivity index (χ4v) is 6.35. The van der Waals surface area contributed by atoms with Crippen molar-refractivity contribution in [1.82, 2.24) is 34.1 Å². The van der Waals surface area contributed by atoms with E-state index in [1.165, 1.54) is 31.1 Å². The van der Waals surface area contributed by atoms with Gasteiger partial charge in [-0.1, -0.05) is 37.7 Å². The van der Waals surface area contributed by atoms with Gasteiger partial charge in [-0.05, 0) is 13.0 Å². The number of H-pyrrole nitrogens is 1. The summed E-state index contributed by atoms with van der Waals surface area (Å²) in [5, 5.41) is 2.87. The van der Waals surface area contributed by atoms with Gasteiger partial charge in [0.05, 0.1) is 17.7 Å². The SMILES string of the molecule is COPOCCn1c(COP(=O)(S)O[C@@H]2[C@H](F)[C@@H](C)O[C@H]2n2cnc3nc(NC(=O)C(C)C)[nH]c(=O)c32)nc2cc(Cl)cnc21. The van der Waals surface area contributed by atoms with Crippen LogP contribution in [0.3, 0.4) is 0 Å². The van der Waals surface area contributed by atoms with Crippen molar-refractivity contribution in [3.63, 3.8) is 0 Å². The number of alkyl halides is 1. The third-order valence-electron chi connectivity index (χ3n) is 6.68. The molecule has 4 aromatic rings. The van der Waals surface area contributed by atoms with E-state index in [1.54, 1.807) is 24.5 Å². The lowest BCUT2D eigenvalue weighted by molar-refractivity contribution is -0.118. The molecule has 4 aromatic heterocycles. The highest BCUT2D eigenvalue weighted by atomic mass is 35.5. The summed E-state index contributed by atoms with van der Waals surface area (Å²) in [6.07, 6.45) is -2.95. The molecule has 5 rings (SSSR count). The van der Waals surface area contributed by atoms with Crippen LogP contribution in [-0.2, 0) is 45.3 Å². The number of thiol groups is 1. The number of hydrogen-bond acceptors (Lipinski definition) is 12. The number of carbonyl (C=O) groups is 1. The van der Waals surface area contributed by atoms with Gasteiger partial charge in [0, 0.05) is 25.8 Å². The standard InChI is InChI=1S/C24H30ClFN8O8P2S/c1-11(2)21(35)31-24-30-19-17(22(36)32-24)34(10-28-19)23-18(16(26)12(3)41-23)42-44(37,45)40-9-15-29-14-7-13(25)8-27-20(14)33(15)5-6-39-43-38-4/h7-8,10-12,16,18,23,43H,5-6,9H2,1-4H3,(H,37,45)(H2,30,31,32,35,36)/t12-,16-,18-,23-,44?/m1/s1. The van der Waals surface area contributed by atoms with Crippen LogP contribution >= 0.6 is 39.7 Å². The lowest BCUT2D eigenvalue weighted by Gasteiger charge is -2.24. The zero-order chi connectivity index (χ0) is 32.5. The smallest absolute Gasteiger partial charge is 0.349 e. The van der Waals surface area contributed by atoms with E-state index in [-0.39, 0.29) is 51.2 Å². The van der Waals surface area contributed by atoms with Crippen molar-refractivity contribution in [2.45, 2.75) is 58.5 Å². The minimum atomic E-state index is -4.28. The fourth-order valence-electron chi connectivity index (χ4n) is 4.54. The molecule has 0 aromatic carbocycles. The average molecular weight is 707 g/mol. The molecule has 2 unspecified atom stereocenters. The largest absolute Gasteiger partial charge is 0.387 e. The van der Waals surface area contributed by atoms with Crippen LogP contribution in [0.15, 0.2) is 23.4 Å². The van der Waals surface area contributed by atoms with E-state index in [1.807, 2.05) is 0 Å². The molecule has 1 amide bonds. The van der Waals surface area contributed by atoms with Gasteiger partial charge in [0.15, 0.2) is 38.2 Å². The molecule has 5 heterocycles. The normalized spacial score (nSPS) is 21.9. The van der Waals surface area contributed by atoms with Crippen molar-refractivity contribution in [1.29, 1.82) is 0 Å². The predicted octanol–water partition coefficient (Wildman–Crippen LogP) is 4.18. The van der Waals surface area contributed by atoms with E-state index in [0.717, 1.165) is 0 Å². The van der Waals surface area contributed by atoms with Gasteiger partial charge in [0.25, 0.3) is 5.56 Å². The number of hydrogen-bond donors (Lipinski definition) is 3. The lowest BCUT2D eigenvalue weighted by Crippen LogP contribution is -2.30. The fraction of sp³-hybridized carbons (Fsp3) is 0.500. The number of imidazole rings is 2. The number of aromatic amines is 1. The number of amides is 1. The molecule has 1 aliphatic rings. The zero-order valence-corrected chi connectivity index (χ0v) is 27.9. The highest BCUT2D eigenvalue weighted by Crippen LogP contribution is 2.57. The molecule has 0 bridgehead atoms. The first-order valence-corrected chi connectivity index (χ1v) is 17.4. The van der Waals surface area contributed by atoms with Crippen LogP contribution in [0.1, 0.15) is 32.8 Å². The Balaban J connectivity index is 1.36.